The highest BCUT2D eigenvalue weighted by atomic mass is 16.5. The first-order chi connectivity index (χ1) is 12.6. The molecule has 7 nitrogen and oxygen atoms in total. The van der Waals surface area contributed by atoms with Crippen molar-refractivity contribution in [3.63, 3.8) is 0 Å². The molecule has 132 valence electrons. The molecule has 1 amide bonds. The van der Waals surface area contributed by atoms with Crippen LogP contribution < -0.4 is 10.1 Å². The number of nitrogens with one attached hydrogen (secondary N) is 1. The molecule has 0 saturated heterocycles. The monoisotopic (exact) mass is 350 g/mol. The van der Waals surface area contributed by atoms with Gasteiger partial charge in [-0.15, -0.1) is 0 Å². The van der Waals surface area contributed by atoms with E-state index < -0.39 is 0 Å². The molecule has 26 heavy (non-hydrogen) atoms. The number of ether oxygens (including phenoxy) is 1. The zero-order valence-corrected chi connectivity index (χ0v) is 14.5. The lowest BCUT2D eigenvalue weighted by Crippen LogP contribution is -2.34. The van der Waals surface area contributed by atoms with Crippen molar-refractivity contribution in [2.75, 3.05) is 6.54 Å². The summed E-state index contributed by atoms with van der Waals surface area (Å²) in [6, 6.07) is 4.15. The molecule has 3 aromatic rings. The third-order valence-corrected chi connectivity index (χ3v) is 4.32. The van der Waals surface area contributed by atoms with E-state index in [-0.39, 0.29) is 17.8 Å². The molecule has 2 aromatic heterocycles. The smallest absolute Gasteiger partial charge is 0.289 e. The van der Waals surface area contributed by atoms with Gasteiger partial charge >= 0.3 is 0 Å². The zero-order chi connectivity index (χ0) is 18.1. The van der Waals surface area contributed by atoms with Crippen molar-refractivity contribution >= 4 is 5.91 Å². The van der Waals surface area contributed by atoms with E-state index in [0.717, 1.165) is 34.6 Å². The average Bonchev–Trinajstić information content (AvgIpc) is 3.25. The van der Waals surface area contributed by atoms with Gasteiger partial charge in [0, 0.05) is 24.4 Å². The van der Waals surface area contributed by atoms with E-state index in [1.54, 1.807) is 25.5 Å². The number of hydrogen-bond donors (Lipinski definition) is 1. The minimum absolute atomic E-state index is 0.144. The van der Waals surface area contributed by atoms with Gasteiger partial charge < -0.3 is 14.5 Å². The third-order valence-electron chi connectivity index (χ3n) is 4.32. The van der Waals surface area contributed by atoms with Crippen LogP contribution in [0.3, 0.4) is 0 Å². The molecule has 0 bridgehead atoms. The number of hydrogen-bond acceptors (Lipinski definition) is 6. The molecule has 7 heteroatoms. The Labute approximate surface area is 150 Å². The van der Waals surface area contributed by atoms with Gasteiger partial charge in [0.25, 0.3) is 5.91 Å². The lowest BCUT2D eigenvalue weighted by molar-refractivity contribution is 0.0905. The first kappa shape index (κ1) is 16.3. The van der Waals surface area contributed by atoms with E-state index in [9.17, 15) is 4.79 Å². The minimum atomic E-state index is -0.287. The van der Waals surface area contributed by atoms with E-state index in [0.29, 0.717) is 12.2 Å². The number of aryl methyl sites for hydroxylation is 2. The van der Waals surface area contributed by atoms with E-state index in [1.165, 1.54) is 6.39 Å². The van der Waals surface area contributed by atoms with Crippen LogP contribution in [-0.2, 0) is 6.42 Å². The predicted molar refractivity (Wildman–Crippen MR) is 93.9 cm³/mol. The highest BCUT2D eigenvalue weighted by Crippen LogP contribution is 2.38. The number of carbonyl (C=O) groups is 1. The fourth-order valence-corrected chi connectivity index (χ4v) is 3.14. The number of amides is 1. The van der Waals surface area contributed by atoms with Crippen LogP contribution in [0.4, 0.5) is 0 Å². The first-order valence-corrected chi connectivity index (χ1v) is 8.36. The maximum Gasteiger partial charge on any atom is 0.289 e. The van der Waals surface area contributed by atoms with E-state index in [4.69, 9.17) is 9.15 Å². The molecule has 4 rings (SSSR count). The van der Waals surface area contributed by atoms with Crippen molar-refractivity contribution in [3.8, 4) is 17.0 Å². The number of fused-ring (bicyclic) bond motifs is 1. The maximum absolute atomic E-state index is 12.2. The summed E-state index contributed by atoms with van der Waals surface area (Å²) in [4.78, 5) is 24.6. The average molecular weight is 350 g/mol. The van der Waals surface area contributed by atoms with Gasteiger partial charge in [0.15, 0.2) is 6.39 Å². The maximum atomic E-state index is 12.2. The van der Waals surface area contributed by atoms with E-state index >= 15 is 0 Å². The second-order valence-corrected chi connectivity index (χ2v) is 6.31. The Balaban J connectivity index is 1.51. The summed E-state index contributed by atoms with van der Waals surface area (Å²) in [6.07, 6.45) is 6.87. The Morgan fingerprint density at radius 1 is 1.27 bits per heavy atom. The van der Waals surface area contributed by atoms with E-state index in [2.05, 4.69) is 26.3 Å². The number of aromatic nitrogens is 3. The molecule has 0 aliphatic carbocycles. The Kier molecular flexibility index (Phi) is 4.12. The van der Waals surface area contributed by atoms with E-state index in [1.807, 2.05) is 13.0 Å². The van der Waals surface area contributed by atoms with Crippen LogP contribution in [0.25, 0.3) is 11.3 Å². The molecule has 0 fully saturated rings. The number of carbonyl (C=O) groups excluding carboxylic acids is 1. The molecular weight excluding hydrogens is 332 g/mol. The molecule has 1 aliphatic rings. The highest BCUT2D eigenvalue weighted by molar-refractivity contribution is 5.92. The summed E-state index contributed by atoms with van der Waals surface area (Å²) in [5.74, 6) is 0.757. The van der Waals surface area contributed by atoms with Crippen molar-refractivity contribution in [1.82, 2.24) is 20.3 Å². The molecule has 1 N–H and O–H groups in total. The van der Waals surface area contributed by atoms with Crippen molar-refractivity contribution < 1.29 is 13.9 Å². The third kappa shape index (κ3) is 3.03. The van der Waals surface area contributed by atoms with Gasteiger partial charge in [-0.2, -0.15) is 0 Å². The fourth-order valence-electron chi connectivity index (χ4n) is 3.14. The second kappa shape index (κ2) is 6.59. The lowest BCUT2D eigenvalue weighted by atomic mass is 10.0. The quantitative estimate of drug-likeness (QED) is 0.777. The van der Waals surface area contributed by atoms with Gasteiger partial charge in [-0.25, -0.2) is 4.98 Å². The fraction of sp³-hybridized carbons (Fsp3) is 0.263. The van der Waals surface area contributed by atoms with Crippen LogP contribution in [0, 0.1) is 13.8 Å². The molecule has 1 aliphatic heterocycles. The number of oxazole rings is 1. The number of benzene rings is 1. The normalized spacial score (nSPS) is 15.4. The Morgan fingerprint density at radius 2 is 2.15 bits per heavy atom. The van der Waals surface area contributed by atoms with Crippen molar-refractivity contribution in [3.05, 3.63) is 59.7 Å². The summed E-state index contributed by atoms with van der Waals surface area (Å²) in [6.45, 7) is 4.16. The van der Waals surface area contributed by atoms with Crippen LogP contribution in [0.15, 0.2) is 41.5 Å². The second-order valence-electron chi connectivity index (χ2n) is 6.31. The Bertz CT molecular complexity index is 953. The van der Waals surface area contributed by atoms with Gasteiger partial charge in [-0.05, 0) is 31.0 Å². The summed E-state index contributed by atoms with van der Waals surface area (Å²) in [7, 11) is 0. The van der Waals surface area contributed by atoms with Gasteiger partial charge in [-0.1, -0.05) is 6.07 Å². The summed E-state index contributed by atoms with van der Waals surface area (Å²) >= 11 is 0. The molecule has 1 aromatic carbocycles. The van der Waals surface area contributed by atoms with Crippen LogP contribution >= 0.6 is 0 Å². The van der Waals surface area contributed by atoms with Gasteiger partial charge in [-0.3, -0.25) is 14.8 Å². The van der Waals surface area contributed by atoms with Gasteiger partial charge in [0.2, 0.25) is 5.76 Å². The van der Waals surface area contributed by atoms with Crippen molar-refractivity contribution in [2.45, 2.75) is 26.4 Å². The number of rotatable bonds is 4. The molecule has 3 heterocycles. The molecular formula is C19H18N4O3. The Morgan fingerprint density at radius 3 is 2.88 bits per heavy atom. The van der Waals surface area contributed by atoms with Crippen LogP contribution in [-0.4, -0.2) is 33.5 Å². The molecule has 0 spiro atoms. The van der Waals surface area contributed by atoms with Crippen molar-refractivity contribution in [1.29, 1.82) is 0 Å². The largest absolute Gasteiger partial charge is 0.487 e. The first-order valence-electron chi connectivity index (χ1n) is 8.36. The Hall–Kier alpha value is -3.22. The van der Waals surface area contributed by atoms with Crippen molar-refractivity contribution in [2.24, 2.45) is 0 Å². The lowest BCUT2D eigenvalue weighted by Gasteiger charge is -2.13. The summed E-state index contributed by atoms with van der Waals surface area (Å²) in [5, 5.41) is 2.85. The standard InChI is InChI=1S/C19H18N4O3/c1-11-5-13-7-14(8-22-19(24)17-12(2)23-10-25-17)26-18(13)15(6-11)16-9-20-3-4-21-16/h3-6,9-10,14H,7-8H2,1-2H3,(H,22,24). The summed E-state index contributed by atoms with van der Waals surface area (Å²) < 4.78 is 11.2. The molecule has 1 unspecified atom stereocenters. The van der Waals surface area contributed by atoms with Gasteiger partial charge in [0.1, 0.15) is 11.9 Å². The van der Waals surface area contributed by atoms with Gasteiger partial charge in [0.05, 0.1) is 24.1 Å². The van der Waals surface area contributed by atoms with Crippen LogP contribution in [0.5, 0.6) is 5.75 Å². The highest BCUT2D eigenvalue weighted by Gasteiger charge is 2.27. The SMILES string of the molecule is Cc1cc2c(c(-c3cnccn3)c1)OC(CNC(=O)c1ocnc1C)C2. The number of nitrogens with zero attached hydrogens (tertiary/aromatic N) is 3. The molecule has 0 saturated carbocycles. The van der Waals surface area contributed by atoms with Crippen LogP contribution in [0.2, 0.25) is 0 Å². The summed E-state index contributed by atoms with van der Waals surface area (Å²) in [5.41, 5.74) is 4.51. The molecule has 0 radical (unpaired) electrons. The minimum Gasteiger partial charge on any atom is -0.487 e. The van der Waals surface area contributed by atoms with Crippen LogP contribution in [0.1, 0.15) is 27.4 Å². The molecule has 1 atom stereocenters. The zero-order valence-electron chi connectivity index (χ0n) is 14.5. The predicted octanol–water partition coefficient (Wildman–Crippen LogP) is 2.48. The topological polar surface area (TPSA) is 90.1 Å².